The van der Waals surface area contributed by atoms with E-state index in [4.69, 9.17) is 25.8 Å². The molecule has 4 heterocycles. The molecular weight excluding hydrogens is 448 g/mol. The number of ether oxygens (including phenoxy) is 1. The van der Waals surface area contributed by atoms with Crippen molar-refractivity contribution in [1.82, 2.24) is 29.7 Å². The number of rotatable bonds is 7. The third kappa shape index (κ3) is 4.17. The Morgan fingerprint density at radius 3 is 2.97 bits per heavy atom. The van der Waals surface area contributed by atoms with Gasteiger partial charge in [0.25, 0.3) is 0 Å². The van der Waals surface area contributed by atoms with Gasteiger partial charge in [-0.3, -0.25) is 4.98 Å². The van der Waals surface area contributed by atoms with Gasteiger partial charge in [0.05, 0.1) is 22.8 Å². The van der Waals surface area contributed by atoms with E-state index in [0.717, 1.165) is 32.7 Å². The highest BCUT2D eigenvalue weighted by Crippen LogP contribution is 2.33. The fourth-order valence-electron chi connectivity index (χ4n) is 3.32. The molecule has 10 heteroatoms. The molecular formula is C22H17ClN6O2S. The first kappa shape index (κ1) is 20.5. The fourth-order valence-corrected chi connectivity index (χ4v) is 4.48. The number of aryl methyl sites for hydroxylation is 1. The summed E-state index contributed by atoms with van der Waals surface area (Å²) >= 11 is 7.98. The van der Waals surface area contributed by atoms with Gasteiger partial charge in [0.2, 0.25) is 6.39 Å². The van der Waals surface area contributed by atoms with Crippen molar-refractivity contribution in [3.63, 3.8) is 0 Å². The molecule has 5 aromatic rings. The van der Waals surface area contributed by atoms with Gasteiger partial charge in [0.1, 0.15) is 17.9 Å². The first-order valence-electron chi connectivity index (χ1n) is 9.71. The average molecular weight is 465 g/mol. The maximum atomic E-state index is 6.46. The largest absolute Gasteiger partial charge is 0.487 e. The summed E-state index contributed by atoms with van der Waals surface area (Å²) in [7, 11) is 0. The molecule has 0 saturated heterocycles. The van der Waals surface area contributed by atoms with Crippen molar-refractivity contribution >= 4 is 34.3 Å². The van der Waals surface area contributed by atoms with Crippen molar-refractivity contribution < 1.29 is 9.26 Å². The Labute approximate surface area is 192 Å². The highest BCUT2D eigenvalue weighted by atomic mass is 35.5. The second-order valence-corrected chi connectivity index (χ2v) is 8.35. The second-order valence-electron chi connectivity index (χ2n) is 6.93. The molecule has 0 radical (unpaired) electrons. The van der Waals surface area contributed by atoms with E-state index in [9.17, 15) is 0 Å². The number of thioether (sulfide) groups is 1. The molecule has 0 N–H and O–H groups in total. The Kier molecular flexibility index (Phi) is 5.74. The number of imidazole rings is 1. The lowest BCUT2D eigenvalue weighted by Gasteiger charge is -2.15. The van der Waals surface area contributed by atoms with Crippen LogP contribution in [0.4, 0.5) is 0 Å². The summed E-state index contributed by atoms with van der Waals surface area (Å²) in [4.78, 5) is 18.1. The zero-order chi connectivity index (χ0) is 21.9. The lowest BCUT2D eigenvalue weighted by Crippen LogP contribution is -2.02. The molecule has 32 heavy (non-hydrogen) atoms. The molecule has 160 valence electrons. The molecule has 0 saturated carbocycles. The van der Waals surface area contributed by atoms with Crippen molar-refractivity contribution in [3.05, 3.63) is 83.9 Å². The summed E-state index contributed by atoms with van der Waals surface area (Å²) in [5.74, 6) is 1.81. The minimum Gasteiger partial charge on any atom is -0.487 e. The van der Waals surface area contributed by atoms with E-state index >= 15 is 0 Å². The van der Waals surface area contributed by atoms with Crippen molar-refractivity contribution in [2.45, 2.75) is 24.2 Å². The van der Waals surface area contributed by atoms with Crippen LogP contribution in [-0.4, -0.2) is 29.7 Å². The van der Waals surface area contributed by atoms with E-state index in [2.05, 4.69) is 20.1 Å². The number of nitrogens with zero attached hydrogens (tertiary/aromatic N) is 6. The van der Waals surface area contributed by atoms with E-state index in [1.165, 1.54) is 18.2 Å². The molecule has 8 nitrogen and oxygen atoms in total. The van der Waals surface area contributed by atoms with Gasteiger partial charge in [0.15, 0.2) is 5.82 Å². The number of pyridine rings is 2. The quantitative estimate of drug-likeness (QED) is 0.309. The highest BCUT2D eigenvalue weighted by molar-refractivity contribution is 7.98. The van der Waals surface area contributed by atoms with Gasteiger partial charge < -0.3 is 13.8 Å². The van der Waals surface area contributed by atoms with Crippen molar-refractivity contribution in [1.29, 1.82) is 0 Å². The number of halogens is 1. The van der Waals surface area contributed by atoms with E-state index in [1.807, 2.05) is 42.0 Å². The molecule has 0 aliphatic rings. The molecule has 1 aromatic carbocycles. The monoisotopic (exact) mass is 464 g/mol. The zero-order valence-corrected chi connectivity index (χ0v) is 18.5. The first-order valence-corrected chi connectivity index (χ1v) is 11.1. The highest BCUT2D eigenvalue weighted by Gasteiger charge is 2.14. The third-order valence-corrected chi connectivity index (χ3v) is 6.18. The smallest absolute Gasteiger partial charge is 0.213 e. The van der Waals surface area contributed by atoms with Crippen LogP contribution in [0.25, 0.3) is 16.6 Å². The molecule has 0 atom stereocenters. The number of hydrogen-bond acceptors (Lipinski definition) is 8. The fraction of sp³-hybridized carbons (Fsp3) is 0.136. The summed E-state index contributed by atoms with van der Waals surface area (Å²) in [6.07, 6.45) is 10.1. The van der Waals surface area contributed by atoms with E-state index in [1.54, 1.807) is 24.9 Å². The molecule has 0 spiro atoms. The van der Waals surface area contributed by atoms with E-state index in [-0.39, 0.29) is 6.61 Å². The van der Waals surface area contributed by atoms with Crippen LogP contribution in [0.2, 0.25) is 5.02 Å². The summed E-state index contributed by atoms with van der Waals surface area (Å²) in [6, 6.07) is 7.92. The summed E-state index contributed by atoms with van der Waals surface area (Å²) in [5.41, 5.74) is 3.50. The number of benzene rings is 1. The van der Waals surface area contributed by atoms with Crippen LogP contribution < -0.4 is 4.74 Å². The van der Waals surface area contributed by atoms with Crippen LogP contribution in [0.5, 0.6) is 5.75 Å². The van der Waals surface area contributed by atoms with Crippen molar-refractivity contribution in [2.75, 3.05) is 0 Å². The van der Waals surface area contributed by atoms with Crippen LogP contribution in [0, 0.1) is 6.92 Å². The Hall–Kier alpha value is -3.43. The topological polar surface area (TPSA) is 91.8 Å². The lowest BCUT2D eigenvalue weighted by atomic mass is 10.1. The maximum absolute atomic E-state index is 6.46. The molecule has 5 rings (SSSR count). The average Bonchev–Trinajstić information content (AvgIpc) is 3.51. The minimum atomic E-state index is 0.269. The van der Waals surface area contributed by atoms with Crippen molar-refractivity contribution in [3.8, 4) is 11.4 Å². The molecule has 0 unspecified atom stereocenters. The molecule has 0 bridgehead atoms. The summed E-state index contributed by atoms with van der Waals surface area (Å²) in [5, 5.41) is 5.35. The zero-order valence-electron chi connectivity index (χ0n) is 17.0. The van der Waals surface area contributed by atoms with Gasteiger partial charge in [0, 0.05) is 46.3 Å². The molecule has 4 aromatic heterocycles. The number of fused-ring (bicyclic) bond motifs is 1. The van der Waals surface area contributed by atoms with Gasteiger partial charge >= 0.3 is 0 Å². The van der Waals surface area contributed by atoms with Gasteiger partial charge in [-0.05, 0) is 19.1 Å². The number of para-hydroxylation sites is 1. The number of hydrogen-bond donors (Lipinski definition) is 0. The minimum absolute atomic E-state index is 0.269. The van der Waals surface area contributed by atoms with Crippen LogP contribution in [0.3, 0.4) is 0 Å². The molecule has 0 aliphatic carbocycles. The van der Waals surface area contributed by atoms with E-state index < -0.39 is 0 Å². The normalized spacial score (nSPS) is 11.2. The van der Waals surface area contributed by atoms with Crippen LogP contribution in [0.15, 0.2) is 71.2 Å². The molecule has 0 aliphatic heterocycles. The Morgan fingerprint density at radius 2 is 2.16 bits per heavy atom. The predicted octanol–water partition coefficient (Wildman–Crippen LogP) is 5.03. The standard InChI is InChI=1S/C22H17ClN6O2S/c1-14-7-18(29-6-5-24-12-29)15-3-2-4-19(22(15)27-14)30-10-16-17(23)8-25-9-20(16)32-11-21-26-13-31-28-21/h2-9,12-13H,10-11H2,1H3. The van der Waals surface area contributed by atoms with Crippen LogP contribution in [0.1, 0.15) is 17.1 Å². The first-order chi connectivity index (χ1) is 15.7. The van der Waals surface area contributed by atoms with Gasteiger partial charge in [-0.2, -0.15) is 4.98 Å². The van der Waals surface area contributed by atoms with Gasteiger partial charge in [-0.1, -0.05) is 28.9 Å². The second kappa shape index (κ2) is 8.97. The summed E-state index contributed by atoms with van der Waals surface area (Å²) < 4.78 is 13.0. The Bertz CT molecular complexity index is 1360. The Morgan fingerprint density at radius 1 is 1.22 bits per heavy atom. The Balaban J connectivity index is 1.45. The van der Waals surface area contributed by atoms with Crippen molar-refractivity contribution in [2.24, 2.45) is 0 Å². The third-order valence-electron chi connectivity index (χ3n) is 4.79. The maximum Gasteiger partial charge on any atom is 0.213 e. The molecule has 0 amide bonds. The summed E-state index contributed by atoms with van der Waals surface area (Å²) in [6.45, 7) is 2.23. The lowest BCUT2D eigenvalue weighted by molar-refractivity contribution is 0.306. The SMILES string of the molecule is Cc1cc(-n2ccnc2)c2cccc(OCc3c(Cl)cncc3SCc3ncon3)c2n1. The van der Waals surface area contributed by atoms with Gasteiger partial charge in [-0.15, -0.1) is 11.8 Å². The van der Waals surface area contributed by atoms with E-state index in [0.29, 0.717) is 22.3 Å². The van der Waals surface area contributed by atoms with Gasteiger partial charge in [-0.25, -0.2) is 9.97 Å². The van der Waals surface area contributed by atoms with Crippen LogP contribution in [-0.2, 0) is 12.4 Å². The van der Waals surface area contributed by atoms with Crippen LogP contribution >= 0.6 is 23.4 Å². The number of aromatic nitrogens is 6. The molecule has 0 fully saturated rings. The predicted molar refractivity (Wildman–Crippen MR) is 121 cm³/mol.